The van der Waals surface area contributed by atoms with E-state index in [1.165, 1.54) is 5.56 Å². The highest BCUT2D eigenvalue weighted by Gasteiger charge is 2.35. The Morgan fingerprint density at radius 2 is 1.86 bits per heavy atom. The number of carbonyl (C=O) groups is 1. The first kappa shape index (κ1) is 19.1. The number of amides is 2. The highest BCUT2D eigenvalue weighted by molar-refractivity contribution is 5.91. The van der Waals surface area contributed by atoms with Crippen molar-refractivity contribution < 1.29 is 9.53 Å². The van der Waals surface area contributed by atoms with E-state index in [1.807, 2.05) is 48.4 Å². The standard InChI is InChI=1S/C23H26N4O2/c1-3-29-21-12-8-7-11-20(21)25-23(28)26-15-19(16-26)22-24-13-17(2)27(22)14-18-9-5-4-6-10-18/h4-13,19H,3,14-16H2,1-2H3,(H,25,28). The fourth-order valence-electron chi connectivity index (χ4n) is 3.63. The van der Waals surface area contributed by atoms with Crippen molar-refractivity contribution in [3.8, 4) is 5.75 Å². The molecular weight excluding hydrogens is 364 g/mol. The zero-order valence-corrected chi connectivity index (χ0v) is 16.8. The van der Waals surface area contributed by atoms with E-state index in [2.05, 4.69) is 46.1 Å². The Kier molecular flexibility index (Phi) is 5.51. The van der Waals surface area contributed by atoms with Crippen molar-refractivity contribution in [1.29, 1.82) is 0 Å². The van der Waals surface area contributed by atoms with E-state index < -0.39 is 0 Å². The lowest BCUT2D eigenvalue weighted by molar-refractivity contribution is 0.159. The number of hydrogen-bond acceptors (Lipinski definition) is 3. The Morgan fingerprint density at radius 3 is 2.62 bits per heavy atom. The molecule has 0 saturated carbocycles. The smallest absolute Gasteiger partial charge is 0.321 e. The molecule has 29 heavy (non-hydrogen) atoms. The number of nitrogens with zero attached hydrogens (tertiary/aromatic N) is 3. The number of benzene rings is 2. The van der Waals surface area contributed by atoms with Gasteiger partial charge in [-0.2, -0.15) is 0 Å². The van der Waals surface area contributed by atoms with E-state index in [-0.39, 0.29) is 11.9 Å². The zero-order chi connectivity index (χ0) is 20.2. The Morgan fingerprint density at radius 1 is 1.14 bits per heavy atom. The Hall–Kier alpha value is -3.28. The summed E-state index contributed by atoms with van der Waals surface area (Å²) in [6, 6.07) is 17.8. The average Bonchev–Trinajstić information content (AvgIpc) is 3.04. The first-order chi connectivity index (χ1) is 14.2. The molecule has 2 amide bonds. The lowest BCUT2D eigenvalue weighted by Gasteiger charge is -2.39. The van der Waals surface area contributed by atoms with E-state index in [0.29, 0.717) is 31.1 Å². The summed E-state index contributed by atoms with van der Waals surface area (Å²) in [4.78, 5) is 19.1. The van der Waals surface area contributed by atoms with Gasteiger partial charge < -0.3 is 19.5 Å². The minimum Gasteiger partial charge on any atom is -0.492 e. The van der Waals surface area contributed by atoms with Crippen LogP contribution >= 0.6 is 0 Å². The third kappa shape index (κ3) is 4.11. The summed E-state index contributed by atoms with van der Waals surface area (Å²) in [6.45, 7) is 6.68. The first-order valence-corrected chi connectivity index (χ1v) is 9.99. The molecule has 2 heterocycles. The highest BCUT2D eigenvalue weighted by atomic mass is 16.5. The van der Waals surface area contributed by atoms with Gasteiger partial charge in [0.15, 0.2) is 0 Å². The fraction of sp³-hybridized carbons (Fsp3) is 0.304. The normalized spacial score (nSPS) is 13.8. The summed E-state index contributed by atoms with van der Waals surface area (Å²) in [6.07, 6.45) is 1.92. The molecular formula is C23H26N4O2. The van der Waals surface area contributed by atoms with Crippen LogP contribution in [0.4, 0.5) is 10.5 Å². The van der Waals surface area contributed by atoms with Crippen molar-refractivity contribution in [2.24, 2.45) is 0 Å². The molecule has 0 bridgehead atoms. The molecule has 0 unspecified atom stereocenters. The summed E-state index contributed by atoms with van der Waals surface area (Å²) in [7, 11) is 0. The minimum absolute atomic E-state index is 0.105. The number of likely N-dealkylation sites (tertiary alicyclic amines) is 1. The maximum absolute atomic E-state index is 12.6. The summed E-state index contributed by atoms with van der Waals surface area (Å²) >= 11 is 0. The van der Waals surface area contributed by atoms with Crippen LogP contribution in [0.1, 0.15) is 29.9 Å². The molecule has 2 aromatic carbocycles. The van der Waals surface area contributed by atoms with E-state index in [4.69, 9.17) is 4.74 Å². The molecule has 1 aliphatic heterocycles. The van der Waals surface area contributed by atoms with Crippen LogP contribution < -0.4 is 10.1 Å². The van der Waals surface area contributed by atoms with Crippen LogP contribution in [0.3, 0.4) is 0 Å². The van der Waals surface area contributed by atoms with Crippen molar-refractivity contribution in [3.63, 3.8) is 0 Å². The summed E-state index contributed by atoms with van der Waals surface area (Å²) in [5.41, 5.74) is 3.08. The van der Waals surface area contributed by atoms with Gasteiger partial charge in [-0.15, -0.1) is 0 Å². The van der Waals surface area contributed by atoms with Crippen molar-refractivity contribution in [3.05, 3.63) is 77.9 Å². The lowest BCUT2D eigenvalue weighted by atomic mass is 9.99. The molecule has 0 aliphatic carbocycles. The third-order valence-corrected chi connectivity index (χ3v) is 5.23. The van der Waals surface area contributed by atoms with Crippen molar-refractivity contribution in [1.82, 2.24) is 14.5 Å². The van der Waals surface area contributed by atoms with Crippen LogP contribution in [0, 0.1) is 6.92 Å². The molecule has 150 valence electrons. The van der Waals surface area contributed by atoms with Gasteiger partial charge in [0.25, 0.3) is 0 Å². The summed E-state index contributed by atoms with van der Waals surface area (Å²) in [5, 5.41) is 2.96. The minimum atomic E-state index is -0.105. The maximum atomic E-state index is 12.6. The summed E-state index contributed by atoms with van der Waals surface area (Å²) in [5.74, 6) is 1.99. The number of ether oxygens (including phenoxy) is 1. The quantitative estimate of drug-likeness (QED) is 0.684. The largest absolute Gasteiger partial charge is 0.492 e. The SMILES string of the molecule is CCOc1ccccc1NC(=O)N1CC(c2ncc(C)n2Cc2ccccc2)C1. The number of hydrogen-bond donors (Lipinski definition) is 1. The van der Waals surface area contributed by atoms with E-state index >= 15 is 0 Å². The van der Waals surface area contributed by atoms with Gasteiger partial charge in [-0.05, 0) is 31.5 Å². The number of aromatic nitrogens is 2. The maximum Gasteiger partial charge on any atom is 0.321 e. The Labute approximate surface area is 171 Å². The fourth-order valence-corrected chi connectivity index (χ4v) is 3.63. The number of aryl methyl sites for hydroxylation is 1. The number of rotatable bonds is 6. The number of carbonyl (C=O) groups excluding carboxylic acids is 1. The molecule has 3 aromatic rings. The molecule has 4 rings (SSSR count). The predicted molar refractivity (Wildman–Crippen MR) is 113 cm³/mol. The second kappa shape index (κ2) is 8.39. The molecule has 6 nitrogen and oxygen atoms in total. The van der Waals surface area contributed by atoms with Crippen molar-refractivity contribution in [2.45, 2.75) is 26.3 Å². The molecule has 1 aromatic heterocycles. The van der Waals surface area contributed by atoms with Crippen LogP contribution in [-0.2, 0) is 6.54 Å². The van der Waals surface area contributed by atoms with Crippen LogP contribution in [0.15, 0.2) is 60.8 Å². The van der Waals surface area contributed by atoms with Gasteiger partial charge in [-0.25, -0.2) is 9.78 Å². The number of urea groups is 1. The summed E-state index contributed by atoms with van der Waals surface area (Å²) < 4.78 is 7.84. The van der Waals surface area contributed by atoms with Crippen LogP contribution in [0.5, 0.6) is 5.75 Å². The number of anilines is 1. The second-order valence-corrected chi connectivity index (χ2v) is 7.29. The van der Waals surface area contributed by atoms with Crippen LogP contribution in [0.2, 0.25) is 0 Å². The topological polar surface area (TPSA) is 59.4 Å². The third-order valence-electron chi connectivity index (χ3n) is 5.23. The molecule has 1 N–H and O–H groups in total. The Bertz CT molecular complexity index is 978. The zero-order valence-electron chi connectivity index (χ0n) is 16.8. The van der Waals surface area contributed by atoms with Crippen LogP contribution in [-0.4, -0.2) is 40.2 Å². The Balaban J connectivity index is 1.40. The molecule has 1 aliphatic rings. The van der Waals surface area contributed by atoms with Crippen LogP contribution in [0.25, 0.3) is 0 Å². The van der Waals surface area contributed by atoms with Gasteiger partial charge in [0.2, 0.25) is 0 Å². The first-order valence-electron chi connectivity index (χ1n) is 9.99. The lowest BCUT2D eigenvalue weighted by Crippen LogP contribution is -2.51. The van der Waals surface area contributed by atoms with Gasteiger partial charge in [0, 0.05) is 31.5 Å². The number of imidazole rings is 1. The second-order valence-electron chi connectivity index (χ2n) is 7.29. The van der Waals surface area contributed by atoms with Gasteiger partial charge in [-0.3, -0.25) is 0 Å². The molecule has 0 radical (unpaired) electrons. The predicted octanol–water partition coefficient (Wildman–Crippen LogP) is 4.27. The molecule has 1 saturated heterocycles. The highest BCUT2D eigenvalue weighted by Crippen LogP contribution is 2.29. The van der Waals surface area contributed by atoms with Gasteiger partial charge in [-0.1, -0.05) is 42.5 Å². The number of nitrogens with one attached hydrogen (secondary N) is 1. The van der Waals surface area contributed by atoms with Crippen molar-refractivity contribution in [2.75, 3.05) is 25.0 Å². The van der Waals surface area contributed by atoms with E-state index in [9.17, 15) is 4.79 Å². The van der Waals surface area contributed by atoms with E-state index in [1.54, 1.807) is 0 Å². The molecule has 0 atom stereocenters. The average molecular weight is 390 g/mol. The number of para-hydroxylation sites is 2. The molecule has 0 spiro atoms. The van der Waals surface area contributed by atoms with Gasteiger partial charge in [0.1, 0.15) is 11.6 Å². The molecule has 6 heteroatoms. The van der Waals surface area contributed by atoms with Gasteiger partial charge >= 0.3 is 6.03 Å². The van der Waals surface area contributed by atoms with E-state index in [0.717, 1.165) is 18.1 Å². The molecule has 1 fully saturated rings. The monoisotopic (exact) mass is 390 g/mol. The van der Waals surface area contributed by atoms with Crippen molar-refractivity contribution >= 4 is 11.7 Å². The van der Waals surface area contributed by atoms with Gasteiger partial charge in [0.05, 0.1) is 18.2 Å².